The molecule has 0 bridgehead atoms. The fourth-order valence-electron chi connectivity index (χ4n) is 2.78. The van der Waals surface area contributed by atoms with E-state index in [0.29, 0.717) is 19.5 Å². The van der Waals surface area contributed by atoms with Crippen molar-refractivity contribution < 1.29 is 9.53 Å². The number of ether oxygens (including phenoxy) is 1. The zero-order valence-electron chi connectivity index (χ0n) is 12.5. The summed E-state index contributed by atoms with van der Waals surface area (Å²) in [6.45, 7) is 7.29. The first-order chi connectivity index (χ1) is 9.37. The van der Waals surface area contributed by atoms with Gasteiger partial charge in [-0.15, -0.1) is 0 Å². The first-order valence-corrected chi connectivity index (χ1v) is 7.13. The van der Waals surface area contributed by atoms with Gasteiger partial charge in [0.1, 0.15) is 0 Å². The van der Waals surface area contributed by atoms with Crippen LogP contribution < -0.4 is 5.73 Å². The average molecular weight is 276 g/mol. The van der Waals surface area contributed by atoms with Crippen molar-refractivity contribution >= 4 is 5.91 Å². The number of nitrogens with zero attached hydrogens (tertiary/aromatic N) is 1. The maximum atomic E-state index is 12.4. The van der Waals surface area contributed by atoms with E-state index in [1.807, 2.05) is 56.0 Å². The standard InChI is InChI=1S/C16H24N2O2/c1-12-10-18(11-16(2,3)20-12)15(19)9-14(17)13-7-5-4-6-8-13/h4-8,12,14H,9-11,17H2,1-3H3/t12-,14+/m0/s1. The van der Waals surface area contributed by atoms with Crippen molar-refractivity contribution in [1.29, 1.82) is 0 Å². The van der Waals surface area contributed by atoms with E-state index in [-0.39, 0.29) is 23.7 Å². The van der Waals surface area contributed by atoms with Crippen LogP contribution in [-0.2, 0) is 9.53 Å². The van der Waals surface area contributed by atoms with Gasteiger partial charge in [0.25, 0.3) is 0 Å². The highest BCUT2D eigenvalue weighted by Gasteiger charge is 2.33. The lowest BCUT2D eigenvalue weighted by Gasteiger charge is -2.42. The summed E-state index contributed by atoms with van der Waals surface area (Å²) < 4.78 is 5.82. The van der Waals surface area contributed by atoms with Crippen molar-refractivity contribution in [3.05, 3.63) is 35.9 Å². The van der Waals surface area contributed by atoms with E-state index in [4.69, 9.17) is 10.5 Å². The SMILES string of the molecule is C[C@H]1CN(C(=O)C[C@@H](N)c2ccccc2)CC(C)(C)O1. The molecule has 1 fully saturated rings. The van der Waals surface area contributed by atoms with Gasteiger partial charge >= 0.3 is 0 Å². The van der Waals surface area contributed by atoms with E-state index < -0.39 is 0 Å². The summed E-state index contributed by atoms with van der Waals surface area (Å²) in [5, 5.41) is 0. The molecule has 1 aromatic rings. The molecule has 2 N–H and O–H groups in total. The van der Waals surface area contributed by atoms with E-state index in [1.165, 1.54) is 0 Å². The topological polar surface area (TPSA) is 55.6 Å². The number of nitrogens with two attached hydrogens (primary N) is 1. The second-order valence-electron chi connectivity index (χ2n) is 6.18. The molecule has 1 heterocycles. The highest BCUT2D eigenvalue weighted by molar-refractivity contribution is 5.77. The minimum atomic E-state index is -0.288. The first kappa shape index (κ1) is 15.0. The van der Waals surface area contributed by atoms with Crippen molar-refractivity contribution in [3.8, 4) is 0 Å². The van der Waals surface area contributed by atoms with Gasteiger partial charge in [-0.1, -0.05) is 30.3 Å². The molecule has 0 unspecified atom stereocenters. The van der Waals surface area contributed by atoms with Gasteiger partial charge in [-0.3, -0.25) is 4.79 Å². The first-order valence-electron chi connectivity index (χ1n) is 7.13. The molecule has 2 rings (SSSR count). The number of hydrogen-bond acceptors (Lipinski definition) is 3. The molecule has 20 heavy (non-hydrogen) atoms. The number of benzene rings is 1. The Morgan fingerprint density at radius 2 is 2.10 bits per heavy atom. The monoisotopic (exact) mass is 276 g/mol. The molecule has 110 valence electrons. The highest BCUT2D eigenvalue weighted by atomic mass is 16.5. The maximum absolute atomic E-state index is 12.4. The fraction of sp³-hybridized carbons (Fsp3) is 0.562. The van der Waals surface area contributed by atoms with Crippen molar-refractivity contribution in [3.63, 3.8) is 0 Å². The molecule has 0 aromatic heterocycles. The minimum Gasteiger partial charge on any atom is -0.369 e. The van der Waals surface area contributed by atoms with Crippen LogP contribution >= 0.6 is 0 Å². The van der Waals surface area contributed by atoms with Crippen LogP contribution in [0, 0.1) is 0 Å². The summed E-state index contributed by atoms with van der Waals surface area (Å²) in [6.07, 6.45) is 0.406. The molecule has 0 spiro atoms. The third-order valence-corrected chi connectivity index (χ3v) is 3.54. The van der Waals surface area contributed by atoms with Gasteiger partial charge in [0.2, 0.25) is 5.91 Å². The molecule has 0 radical (unpaired) electrons. The van der Waals surface area contributed by atoms with Crippen molar-refractivity contribution in [1.82, 2.24) is 4.90 Å². The molecule has 2 atom stereocenters. The van der Waals surface area contributed by atoms with Gasteiger partial charge in [-0.25, -0.2) is 0 Å². The maximum Gasteiger partial charge on any atom is 0.224 e. The zero-order chi connectivity index (χ0) is 14.8. The Morgan fingerprint density at radius 3 is 2.70 bits per heavy atom. The van der Waals surface area contributed by atoms with Crippen LogP contribution in [0.25, 0.3) is 0 Å². The summed E-state index contributed by atoms with van der Waals surface area (Å²) in [5.41, 5.74) is 6.84. The summed E-state index contributed by atoms with van der Waals surface area (Å²) >= 11 is 0. The highest BCUT2D eigenvalue weighted by Crippen LogP contribution is 2.23. The summed E-state index contributed by atoms with van der Waals surface area (Å²) in [4.78, 5) is 14.3. The molecule has 1 amide bonds. The van der Waals surface area contributed by atoms with Crippen LogP contribution in [0.2, 0.25) is 0 Å². The zero-order valence-corrected chi connectivity index (χ0v) is 12.5. The number of carbonyl (C=O) groups excluding carboxylic acids is 1. The number of hydrogen-bond donors (Lipinski definition) is 1. The van der Waals surface area contributed by atoms with E-state index in [0.717, 1.165) is 5.56 Å². The Bertz CT molecular complexity index is 459. The third-order valence-electron chi connectivity index (χ3n) is 3.54. The lowest BCUT2D eigenvalue weighted by molar-refractivity contribution is -0.158. The Labute approximate surface area is 120 Å². The van der Waals surface area contributed by atoms with Gasteiger partial charge in [-0.05, 0) is 26.3 Å². The van der Waals surface area contributed by atoms with Gasteiger partial charge in [0, 0.05) is 25.6 Å². The van der Waals surface area contributed by atoms with E-state index in [1.54, 1.807) is 0 Å². The predicted octanol–water partition coefficient (Wildman–Crippen LogP) is 2.10. The van der Waals surface area contributed by atoms with E-state index >= 15 is 0 Å². The Balaban J connectivity index is 1.98. The van der Waals surface area contributed by atoms with Crippen LogP contribution in [-0.4, -0.2) is 35.6 Å². The Hall–Kier alpha value is -1.39. The molecule has 1 aliphatic heterocycles. The third kappa shape index (κ3) is 3.81. The molecule has 1 aliphatic rings. The molecule has 4 heteroatoms. The summed E-state index contributed by atoms with van der Waals surface area (Å²) in [6, 6.07) is 9.52. The number of rotatable bonds is 3. The van der Waals surface area contributed by atoms with Gasteiger partial charge < -0.3 is 15.4 Å². The van der Waals surface area contributed by atoms with Crippen LogP contribution in [0.3, 0.4) is 0 Å². The lowest BCUT2D eigenvalue weighted by atomic mass is 10.0. The number of carbonyl (C=O) groups is 1. The van der Waals surface area contributed by atoms with E-state index in [9.17, 15) is 4.79 Å². The predicted molar refractivity (Wildman–Crippen MR) is 79.2 cm³/mol. The quantitative estimate of drug-likeness (QED) is 0.920. The Kier molecular flexibility index (Phi) is 4.45. The van der Waals surface area contributed by atoms with Crippen LogP contribution in [0.5, 0.6) is 0 Å². The number of morpholine rings is 1. The molecule has 1 saturated heterocycles. The molecular formula is C16H24N2O2. The Morgan fingerprint density at radius 1 is 1.45 bits per heavy atom. The van der Waals surface area contributed by atoms with Crippen molar-refractivity contribution in [2.75, 3.05) is 13.1 Å². The van der Waals surface area contributed by atoms with Crippen LogP contribution in [0.15, 0.2) is 30.3 Å². The van der Waals surface area contributed by atoms with Crippen molar-refractivity contribution in [2.24, 2.45) is 5.73 Å². The summed E-state index contributed by atoms with van der Waals surface area (Å²) in [5.74, 6) is 0.101. The van der Waals surface area contributed by atoms with Crippen molar-refractivity contribution in [2.45, 2.75) is 44.9 Å². The summed E-state index contributed by atoms with van der Waals surface area (Å²) in [7, 11) is 0. The van der Waals surface area contributed by atoms with E-state index in [2.05, 4.69) is 0 Å². The van der Waals surface area contributed by atoms with Gasteiger partial charge in [0.05, 0.1) is 11.7 Å². The molecular weight excluding hydrogens is 252 g/mol. The smallest absolute Gasteiger partial charge is 0.224 e. The van der Waals surface area contributed by atoms with Crippen LogP contribution in [0.4, 0.5) is 0 Å². The second-order valence-corrected chi connectivity index (χ2v) is 6.18. The van der Waals surface area contributed by atoms with Gasteiger partial charge in [0.15, 0.2) is 0 Å². The van der Waals surface area contributed by atoms with Gasteiger partial charge in [-0.2, -0.15) is 0 Å². The molecule has 4 nitrogen and oxygen atoms in total. The second kappa shape index (κ2) is 5.94. The average Bonchev–Trinajstić information content (AvgIpc) is 2.37. The van der Waals surface area contributed by atoms with Crippen LogP contribution in [0.1, 0.15) is 38.8 Å². The largest absolute Gasteiger partial charge is 0.369 e. The minimum absolute atomic E-state index is 0.0654. The normalized spacial score (nSPS) is 23.4. The molecule has 1 aromatic carbocycles. The molecule has 0 saturated carbocycles. The number of amides is 1. The lowest BCUT2D eigenvalue weighted by Crippen LogP contribution is -2.54. The fourth-order valence-corrected chi connectivity index (χ4v) is 2.78. The molecule has 0 aliphatic carbocycles.